The first-order chi connectivity index (χ1) is 11.3. The summed E-state index contributed by atoms with van der Waals surface area (Å²) in [7, 11) is 0. The third-order valence-corrected chi connectivity index (χ3v) is 4.27. The lowest BCUT2D eigenvalue weighted by atomic mass is 10.2. The molecule has 2 aromatic rings. The van der Waals surface area contributed by atoms with Crippen molar-refractivity contribution in [1.82, 2.24) is 0 Å². The Morgan fingerprint density at radius 2 is 1.96 bits per heavy atom. The van der Waals surface area contributed by atoms with Gasteiger partial charge < -0.3 is 10.1 Å². The monoisotopic (exact) mass is 348 g/mol. The summed E-state index contributed by atoms with van der Waals surface area (Å²) in [6.45, 7) is 4.94. The van der Waals surface area contributed by atoms with E-state index in [1.54, 1.807) is 19.9 Å². The van der Waals surface area contributed by atoms with Gasteiger partial charge in [0, 0.05) is 21.9 Å². The highest BCUT2D eigenvalue weighted by Gasteiger charge is 2.16. The summed E-state index contributed by atoms with van der Waals surface area (Å²) in [5.41, 5.74) is 1.30. The van der Waals surface area contributed by atoms with Crippen LogP contribution in [-0.2, 0) is 9.53 Å². The lowest BCUT2D eigenvalue weighted by molar-refractivity contribution is -0.384. The largest absolute Gasteiger partial charge is 0.452 e. The molecule has 0 unspecified atom stereocenters. The van der Waals surface area contributed by atoms with Crippen molar-refractivity contribution in [3.8, 4) is 0 Å². The molecule has 0 aliphatic carbocycles. The fourth-order valence-electron chi connectivity index (χ4n) is 2.09. The zero-order valence-electron chi connectivity index (χ0n) is 13.4. The van der Waals surface area contributed by atoms with Crippen molar-refractivity contribution in [3.05, 3.63) is 55.3 Å². The van der Waals surface area contributed by atoms with Gasteiger partial charge in [-0.15, -0.1) is 11.3 Å². The molecule has 0 bridgehead atoms. The second-order valence-corrected chi connectivity index (χ2v) is 6.67. The summed E-state index contributed by atoms with van der Waals surface area (Å²) >= 11 is 1.48. The number of rotatable bonds is 5. The number of nitrogens with zero attached hydrogens (tertiary/aromatic N) is 1. The smallest absolute Gasteiger partial charge is 0.339 e. The van der Waals surface area contributed by atoms with Gasteiger partial charge in [-0.2, -0.15) is 0 Å². The first kappa shape index (κ1) is 17.6. The Morgan fingerprint density at radius 1 is 1.25 bits per heavy atom. The number of nitro benzene ring substituents is 1. The summed E-state index contributed by atoms with van der Waals surface area (Å²) in [6.07, 6.45) is 0. The number of carbonyl (C=O) groups is 2. The zero-order chi connectivity index (χ0) is 17.9. The first-order valence-electron chi connectivity index (χ1n) is 7.07. The molecule has 0 aliphatic rings. The molecule has 8 heteroatoms. The van der Waals surface area contributed by atoms with E-state index in [1.807, 2.05) is 6.92 Å². The van der Waals surface area contributed by atoms with Crippen molar-refractivity contribution in [2.75, 3.05) is 11.9 Å². The van der Waals surface area contributed by atoms with Crippen molar-refractivity contribution in [2.24, 2.45) is 0 Å². The number of benzene rings is 1. The number of thiophene rings is 1. The number of anilines is 1. The zero-order valence-corrected chi connectivity index (χ0v) is 14.2. The maximum Gasteiger partial charge on any atom is 0.339 e. The van der Waals surface area contributed by atoms with E-state index in [-0.39, 0.29) is 5.69 Å². The molecule has 1 aromatic carbocycles. The minimum atomic E-state index is -0.567. The molecule has 7 nitrogen and oxygen atoms in total. The minimum absolute atomic E-state index is 0.128. The highest BCUT2D eigenvalue weighted by Crippen LogP contribution is 2.22. The van der Waals surface area contributed by atoms with E-state index in [9.17, 15) is 19.7 Å². The standard InChI is InChI=1S/C16H16N2O5S/c1-9-4-5-12(18(21)22)7-14(9)17-15(19)8-23-16(20)13-6-10(2)24-11(13)3/h4-7H,8H2,1-3H3,(H,17,19). The number of nitrogens with one attached hydrogen (secondary N) is 1. The van der Waals surface area contributed by atoms with Crippen molar-refractivity contribution in [1.29, 1.82) is 0 Å². The maximum absolute atomic E-state index is 12.0. The molecular formula is C16H16N2O5S. The fraction of sp³-hybridized carbons (Fsp3) is 0.250. The Kier molecular flexibility index (Phi) is 5.30. The third kappa shape index (κ3) is 4.17. The molecule has 1 heterocycles. The van der Waals surface area contributed by atoms with Crippen molar-refractivity contribution >= 4 is 34.6 Å². The molecule has 0 spiro atoms. The lowest BCUT2D eigenvalue weighted by Gasteiger charge is -2.09. The van der Waals surface area contributed by atoms with Crippen LogP contribution in [0, 0.1) is 30.9 Å². The Labute approximate surface area is 142 Å². The SMILES string of the molecule is Cc1cc(C(=O)OCC(=O)Nc2cc([N+](=O)[O-])ccc2C)c(C)s1. The molecule has 0 fully saturated rings. The van der Waals surface area contributed by atoms with Crippen molar-refractivity contribution in [3.63, 3.8) is 0 Å². The number of hydrogen-bond donors (Lipinski definition) is 1. The molecule has 24 heavy (non-hydrogen) atoms. The maximum atomic E-state index is 12.0. The number of amides is 1. The summed E-state index contributed by atoms with van der Waals surface area (Å²) < 4.78 is 5.00. The lowest BCUT2D eigenvalue weighted by Crippen LogP contribution is -2.21. The Hall–Kier alpha value is -2.74. The highest BCUT2D eigenvalue weighted by molar-refractivity contribution is 7.12. The van der Waals surface area contributed by atoms with Gasteiger partial charge in [-0.3, -0.25) is 14.9 Å². The average molecular weight is 348 g/mol. The van der Waals surface area contributed by atoms with Gasteiger partial charge in [0.25, 0.3) is 11.6 Å². The Bertz CT molecular complexity index is 813. The summed E-state index contributed by atoms with van der Waals surface area (Å²) in [6, 6.07) is 5.87. The number of esters is 1. The van der Waals surface area contributed by atoms with Crippen LogP contribution >= 0.6 is 11.3 Å². The molecule has 126 valence electrons. The van der Waals surface area contributed by atoms with Gasteiger partial charge in [-0.1, -0.05) is 6.07 Å². The molecule has 1 amide bonds. The quantitative estimate of drug-likeness (QED) is 0.507. The molecule has 1 N–H and O–H groups in total. The molecule has 0 saturated carbocycles. The van der Waals surface area contributed by atoms with Gasteiger partial charge in [0.05, 0.1) is 16.2 Å². The van der Waals surface area contributed by atoms with Crippen LogP contribution in [0.1, 0.15) is 25.7 Å². The average Bonchev–Trinajstić information content (AvgIpc) is 2.85. The number of carbonyl (C=O) groups excluding carboxylic acids is 2. The molecule has 0 radical (unpaired) electrons. The van der Waals surface area contributed by atoms with Crippen LogP contribution in [0.3, 0.4) is 0 Å². The topological polar surface area (TPSA) is 98.5 Å². The van der Waals surface area contributed by atoms with E-state index >= 15 is 0 Å². The number of aryl methyl sites for hydroxylation is 3. The Balaban J connectivity index is 1.99. The fourth-order valence-corrected chi connectivity index (χ4v) is 3.00. The van der Waals surface area contributed by atoms with E-state index in [1.165, 1.54) is 29.5 Å². The van der Waals surface area contributed by atoms with E-state index in [4.69, 9.17) is 4.74 Å². The summed E-state index contributed by atoms with van der Waals surface area (Å²) in [5, 5.41) is 13.3. The van der Waals surface area contributed by atoms with Gasteiger partial charge in [0.15, 0.2) is 6.61 Å². The van der Waals surface area contributed by atoms with Gasteiger partial charge >= 0.3 is 5.97 Å². The van der Waals surface area contributed by atoms with Crippen LogP contribution in [0.25, 0.3) is 0 Å². The summed E-state index contributed by atoms with van der Waals surface area (Å²) in [5.74, 6) is -1.13. The number of hydrogen-bond acceptors (Lipinski definition) is 6. The van der Waals surface area contributed by atoms with Crippen LogP contribution in [0.4, 0.5) is 11.4 Å². The predicted octanol–water partition coefficient (Wildman–Crippen LogP) is 3.38. The van der Waals surface area contributed by atoms with E-state index in [2.05, 4.69) is 5.32 Å². The van der Waals surface area contributed by atoms with Gasteiger partial charge in [0.1, 0.15) is 0 Å². The molecule has 2 rings (SSSR count). The van der Waals surface area contributed by atoms with Crippen LogP contribution in [0.15, 0.2) is 24.3 Å². The van der Waals surface area contributed by atoms with E-state index in [0.29, 0.717) is 16.8 Å². The highest BCUT2D eigenvalue weighted by atomic mass is 32.1. The minimum Gasteiger partial charge on any atom is -0.452 e. The van der Waals surface area contributed by atoms with E-state index in [0.717, 1.165) is 9.75 Å². The van der Waals surface area contributed by atoms with Gasteiger partial charge in [-0.05, 0) is 32.4 Å². The van der Waals surface area contributed by atoms with Crippen molar-refractivity contribution in [2.45, 2.75) is 20.8 Å². The molecule has 0 saturated heterocycles. The van der Waals surface area contributed by atoms with E-state index < -0.39 is 23.4 Å². The Morgan fingerprint density at radius 3 is 2.54 bits per heavy atom. The van der Waals surface area contributed by atoms with Crippen LogP contribution < -0.4 is 5.32 Å². The van der Waals surface area contributed by atoms with Gasteiger partial charge in [-0.25, -0.2) is 4.79 Å². The molecule has 1 aromatic heterocycles. The van der Waals surface area contributed by atoms with Crippen LogP contribution in [-0.4, -0.2) is 23.4 Å². The number of non-ortho nitro benzene ring substituents is 1. The molecule has 0 atom stereocenters. The first-order valence-corrected chi connectivity index (χ1v) is 7.88. The predicted molar refractivity (Wildman–Crippen MR) is 90.5 cm³/mol. The van der Waals surface area contributed by atoms with Crippen LogP contribution in [0.2, 0.25) is 0 Å². The summed E-state index contributed by atoms with van der Waals surface area (Å²) in [4.78, 5) is 35.9. The number of nitro groups is 1. The molecule has 0 aliphatic heterocycles. The third-order valence-electron chi connectivity index (χ3n) is 3.30. The second kappa shape index (κ2) is 7.22. The van der Waals surface area contributed by atoms with Crippen LogP contribution in [0.5, 0.6) is 0 Å². The van der Waals surface area contributed by atoms with Gasteiger partial charge in [0.2, 0.25) is 0 Å². The van der Waals surface area contributed by atoms with Crippen molar-refractivity contribution < 1.29 is 19.2 Å². The molecular weight excluding hydrogens is 332 g/mol. The second-order valence-electron chi connectivity index (χ2n) is 5.21. The number of ether oxygens (including phenoxy) is 1. The normalized spacial score (nSPS) is 10.3.